The number of hydrogen-bond acceptors (Lipinski definition) is 4. The first-order valence-electron chi connectivity index (χ1n) is 8.70. The Morgan fingerprint density at radius 2 is 1.93 bits per heavy atom. The SMILES string of the molecule is CCNC(=NCc1ccc(C)cc1C)NCc1cc(C(=O)OC)c(C)o1.I. The number of hydrogen-bond donors (Lipinski definition) is 2. The minimum absolute atomic E-state index is 0. The number of methoxy groups -OCH3 is 1. The van der Waals surface area contributed by atoms with Gasteiger partial charge in [-0.05, 0) is 44.9 Å². The van der Waals surface area contributed by atoms with Gasteiger partial charge in [0.15, 0.2) is 5.96 Å². The smallest absolute Gasteiger partial charge is 0.341 e. The van der Waals surface area contributed by atoms with E-state index in [0.717, 1.165) is 6.54 Å². The largest absolute Gasteiger partial charge is 0.465 e. The molecule has 0 radical (unpaired) electrons. The number of carbonyl (C=O) groups is 1. The van der Waals surface area contributed by atoms with Crippen molar-refractivity contribution in [3.63, 3.8) is 0 Å². The molecule has 0 saturated carbocycles. The molecule has 0 fully saturated rings. The highest BCUT2D eigenvalue weighted by atomic mass is 127. The second-order valence-electron chi connectivity index (χ2n) is 6.15. The highest BCUT2D eigenvalue weighted by molar-refractivity contribution is 14.0. The molecule has 0 amide bonds. The number of rotatable bonds is 6. The fourth-order valence-electron chi connectivity index (χ4n) is 2.64. The first-order valence-corrected chi connectivity index (χ1v) is 8.70. The molecule has 6 nitrogen and oxygen atoms in total. The van der Waals surface area contributed by atoms with Crippen LogP contribution in [0.15, 0.2) is 33.7 Å². The van der Waals surface area contributed by atoms with Crippen molar-refractivity contribution in [1.29, 1.82) is 0 Å². The number of guanidine groups is 1. The summed E-state index contributed by atoms with van der Waals surface area (Å²) in [5.74, 6) is 1.50. The zero-order valence-corrected chi connectivity index (χ0v) is 18.8. The van der Waals surface area contributed by atoms with Crippen molar-refractivity contribution in [2.45, 2.75) is 40.8 Å². The summed E-state index contributed by atoms with van der Waals surface area (Å²) >= 11 is 0. The third-order valence-electron chi connectivity index (χ3n) is 4.05. The molecule has 0 spiro atoms. The summed E-state index contributed by atoms with van der Waals surface area (Å²) in [4.78, 5) is 16.3. The number of benzene rings is 1. The van der Waals surface area contributed by atoms with Crippen LogP contribution in [0.25, 0.3) is 0 Å². The predicted molar refractivity (Wildman–Crippen MR) is 118 cm³/mol. The van der Waals surface area contributed by atoms with Crippen LogP contribution in [0.5, 0.6) is 0 Å². The lowest BCUT2D eigenvalue weighted by Gasteiger charge is -2.11. The van der Waals surface area contributed by atoms with Gasteiger partial charge in [-0.1, -0.05) is 23.8 Å². The lowest BCUT2D eigenvalue weighted by Crippen LogP contribution is -2.36. The maximum absolute atomic E-state index is 11.7. The molecule has 2 aromatic rings. The van der Waals surface area contributed by atoms with Gasteiger partial charge in [-0.15, -0.1) is 24.0 Å². The van der Waals surface area contributed by atoms with Gasteiger partial charge in [0.1, 0.15) is 17.1 Å². The molecule has 148 valence electrons. The van der Waals surface area contributed by atoms with E-state index in [-0.39, 0.29) is 24.0 Å². The third-order valence-corrected chi connectivity index (χ3v) is 4.05. The molecule has 0 aliphatic rings. The van der Waals surface area contributed by atoms with Crippen molar-refractivity contribution in [3.05, 3.63) is 58.0 Å². The van der Waals surface area contributed by atoms with E-state index in [9.17, 15) is 4.79 Å². The molecule has 2 rings (SSSR count). The molecule has 0 aliphatic heterocycles. The standard InChI is InChI=1S/C20H27N3O3.HI/c1-6-21-20(22-11-16-8-7-13(2)9-14(16)3)23-12-17-10-18(15(4)26-17)19(24)25-5;/h7-10H,6,11-12H2,1-5H3,(H2,21,22,23);1H. The van der Waals surface area contributed by atoms with Crippen LogP contribution in [0, 0.1) is 20.8 Å². The van der Waals surface area contributed by atoms with Gasteiger partial charge in [0.05, 0.1) is 20.2 Å². The molecule has 2 N–H and O–H groups in total. The molecule has 0 aliphatic carbocycles. The molecule has 1 aromatic heterocycles. The van der Waals surface area contributed by atoms with E-state index in [1.807, 2.05) is 6.92 Å². The number of nitrogens with zero attached hydrogens (tertiary/aromatic N) is 1. The lowest BCUT2D eigenvalue weighted by molar-refractivity contribution is 0.0599. The summed E-state index contributed by atoms with van der Waals surface area (Å²) in [6.45, 7) is 9.71. The number of carbonyl (C=O) groups excluding carboxylic acids is 1. The van der Waals surface area contributed by atoms with Crippen LogP contribution >= 0.6 is 24.0 Å². The average molecular weight is 485 g/mol. The second kappa shape index (κ2) is 11.0. The van der Waals surface area contributed by atoms with Gasteiger partial charge in [-0.25, -0.2) is 9.79 Å². The summed E-state index contributed by atoms with van der Waals surface area (Å²) in [6, 6.07) is 8.06. The second-order valence-corrected chi connectivity index (χ2v) is 6.15. The van der Waals surface area contributed by atoms with Gasteiger partial charge >= 0.3 is 5.97 Å². The highest BCUT2D eigenvalue weighted by Gasteiger charge is 2.15. The number of ether oxygens (including phenoxy) is 1. The summed E-state index contributed by atoms with van der Waals surface area (Å²) in [5.41, 5.74) is 4.11. The molecule has 0 atom stereocenters. The van der Waals surface area contributed by atoms with Gasteiger partial charge < -0.3 is 19.8 Å². The predicted octanol–water partition coefficient (Wildman–Crippen LogP) is 3.86. The van der Waals surface area contributed by atoms with E-state index in [2.05, 4.69) is 47.7 Å². The minimum atomic E-state index is -0.395. The Morgan fingerprint density at radius 3 is 2.56 bits per heavy atom. The van der Waals surface area contributed by atoms with Crippen molar-refractivity contribution < 1.29 is 13.9 Å². The number of halogens is 1. The minimum Gasteiger partial charge on any atom is -0.465 e. The van der Waals surface area contributed by atoms with E-state index in [1.165, 1.54) is 23.8 Å². The Kier molecular flexibility index (Phi) is 9.34. The Morgan fingerprint density at radius 1 is 1.19 bits per heavy atom. The van der Waals surface area contributed by atoms with E-state index in [4.69, 9.17) is 9.15 Å². The fourth-order valence-corrected chi connectivity index (χ4v) is 2.64. The van der Waals surface area contributed by atoms with Crippen molar-refractivity contribution in [1.82, 2.24) is 10.6 Å². The van der Waals surface area contributed by atoms with Crippen LogP contribution < -0.4 is 10.6 Å². The van der Waals surface area contributed by atoms with Crippen molar-refractivity contribution in [2.75, 3.05) is 13.7 Å². The molecule has 0 unspecified atom stereocenters. The van der Waals surface area contributed by atoms with Crippen molar-refractivity contribution in [3.8, 4) is 0 Å². The molecule has 7 heteroatoms. The summed E-state index contributed by atoms with van der Waals surface area (Å²) in [7, 11) is 1.36. The molecule has 1 aromatic carbocycles. The maximum Gasteiger partial charge on any atom is 0.341 e. The van der Waals surface area contributed by atoms with Gasteiger partial charge in [0.2, 0.25) is 0 Å². The number of esters is 1. The number of aliphatic imine (C=N–C) groups is 1. The van der Waals surface area contributed by atoms with Crippen LogP contribution in [0.1, 0.15) is 45.5 Å². The Labute approximate surface area is 177 Å². The molecule has 0 saturated heterocycles. The molecular weight excluding hydrogens is 457 g/mol. The first kappa shape index (κ1) is 23.0. The van der Waals surface area contributed by atoms with E-state index < -0.39 is 5.97 Å². The molecule has 1 heterocycles. The molecular formula is C20H28IN3O3. The van der Waals surface area contributed by atoms with Crippen LogP contribution in [0.4, 0.5) is 0 Å². The van der Waals surface area contributed by atoms with E-state index in [1.54, 1.807) is 13.0 Å². The van der Waals surface area contributed by atoms with Gasteiger partial charge in [-0.2, -0.15) is 0 Å². The number of furan rings is 1. The zero-order chi connectivity index (χ0) is 19.1. The normalized spacial score (nSPS) is 10.9. The Bertz CT molecular complexity index is 800. The summed E-state index contributed by atoms with van der Waals surface area (Å²) in [6.07, 6.45) is 0. The van der Waals surface area contributed by atoms with Gasteiger partial charge in [0.25, 0.3) is 0 Å². The highest BCUT2D eigenvalue weighted by Crippen LogP contribution is 2.15. The van der Waals surface area contributed by atoms with Gasteiger partial charge in [0, 0.05) is 6.54 Å². The number of aryl methyl sites for hydroxylation is 3. The topological polar surface area (TPSA) is 75.9 Å². The molecule has 27 heavy (non-hydrogen) atoms. The monoisotopic (exact) mass is 485 g/mol. The molecule has 0 bridgehead atoms. The third kappa shape index (κ3) is 6.57. The quantitative estimate of drug-likeness (QED) is 0.281. The summed E-state index contributed by atoms with van der Waals surface area (Å²) in [5, 5.41) is 6.44. The fraction of sp³-hybridized carbons (Fsp3) is 0.400. The Balaban J connectivity index is 0.00000364. The Hall–Kier alpha value is -2.03. The van der Waals surface area contributed by atoms with Crippen LogP contribution in [-0.2, 0) is 17.8 Å². The first-order chi connectivity index (χ1) is 12.4. The summed E-state index contributed by atoms with van der Waals surface area (Å²) < 4.78 is 10.4. The van der Waals surface area contributed by atoms with Gasteiger partial charge in [-0.3, -0.25) is 0 Å². The zero-order valence-electron chi connectivity index (χ0n) is 16.5. The van der Waals surface area contributed by atoms with E-state index >= 15 is 0 Å². The maximum atomic E-state index is 11.7. The average Bonchev–Trinajstić information content (AvgIpc) is 2.98. The van der Waals surface area contributed by atoms with Crippen LogP contribution in [0.2, 0.25) is 0 Å². The number of nitrogens with one attached hydrogen (secondary N) is 2. The lowest BCUT2D eigenvalue weighted by atomic mass is 10.1. The van der Waals surface area contributed by atoms with Crippen molar-refractivity contribution in [2.24, 2.45) is 4.99 Å². The van der Waals surface area contributed by atoms with E-state index in [0.29, 0.717) is 36.1 Å². The van der Waals surface area contributed by atoms with Crippen LogP contribution in [0.3, 0.4) is 0 Å². The van der Waals surface area contributed by atoms with Crippen LogP contribution in [-0.4, -0.2) is 25.6 Å². The van der Waals surface area contributed by atoms with Crippen molar-refractivity contribution >= 4 is 35.9 Å².